The van der Waals surface area contributed by atoms with Gasteiger partial charge in [-0.25, -0.2) is 0 Å². The van der Waals surface area contributed by atoms with Crippen molar-refractivity contribution in [3.05, 3.63) is 97.2 Å². The molecule has 1 unspecified atom stereocenters. The molecule has 1 atom stereocenters. The molecule has 0 aliphatic heterocycles. The summed E-state index contributed by atoms with van der Waals surface area (Å²) in [5.74, 6) is -0.935. The normalized spacial score (nSPS) is 12.8. The molecule has 0 amide bonds. The van der Waals surface area contributed by atoms with Gasteiger partial charge in [-0.3, -0.25) is 14.4 Å². The predicted octanol–water partition coefficient (Wildman–Crippen LogP) is 20.9. The molecule has 0 N–H and O–H groups in total. The van der Waals surface area contributed by atoms with Crippen molar-refractivity contribution < 1.29 is 28.6 Å². The Morgan fingerprint density at radius 1 is 0.288 bits per heavy atom. The molecule has 0 aromatic carbocycles. The van der Waals surface area contributed by atoms with Gasteiger partial charge in [0, 0.05) is 19.3 Å². The van der Waals surface area contributed by atoms with Crippen molar-refractivity contribution >= 4 is 17.9 Å². The number of hydrogen-bond acceptors (Lipinski definition) is 6. The van der Waals surface area contributed by atoms with Crippen LogP contribution in [0.25, 0.3) is 0 Å². The highest BCUT2D eigenvalue weighted by atomic mass is 16.6. The van der Waals surface area contributed by atoms with Gasteiger partial charge in [0.15, 0.2) is 6.10 Å². The van der Waals surface area contributed by atoms with Crippen LogP contribution in [0.4, 0.5) is 0 Å². The molecular weight excluding hydrogens is 901 g/mol. The van der Waals surface area contributed by atoms with E-state index in [1.807, 2.05) is 0 Å². The topological polar surface area (TPSA) is 78.9 Å². The summed E-state index contributed by atoms with van der Waals surface area (Å²) in [4.78, 5) is 38.1. The first-order chi connectivity index (χ1) is 36.0. The molecule has 0 aromatic heterocycles. The largest absolute Gasteiger partial charge is 0.462 e. The minimum atomic E-state index is -0.800. The molecule has 0 spiro atoms. The van der Waals surface area contributed by atoms with Crippen molar-refractivity contribution in [1.29, 1.82) is 0 Å². The number of allylic oxidation sites excluding steroid dienone is 16. The van der Waals surface area contributed by atoms with E-state index in [-0.39, 0.29) is 37.5 Å². The number of ether oxygens (including phenoxy) is 3. The number of carbonyl (C=O) groups excluding carboxylic acids is 3. The summed E-state index contributed by atoms with van der Waals surface area (Å²) in [5, 5.41) is 0. The molecule has 0 saturated carbocycles. The van der Waals surface area contributed by atoms with E-state index in [1.54, 1.807) is 0 Å². The Balaban J connectivity index is 4.30. The molecule has 0 rings (SSSR count). The quantitative estimate of drug-likeness (QED) is 0.0261. The first-order valence-electron chi connectivity index (χ1n) is 30.7. The van der Waals surface area contributed by atoms with E-state index in [2.05, 4.69) is 118 Å². The molecule has 0 fully saturated rings. The maximum Gasteiger partial charge on any atom is 0.306 e. The second-order valence-corrected chi connectivity index (χ2v) is 20.2. The number of hydrogen-bond donors (Lipinski definition) is 0. The summed E-state index contributed by atoms with van der Waals surface area (Å²) in [6.07, 6.45) is 81.4. The van der Waals surface area contributed by atoms with Crippen LogP contribution in [-0.2, 0) is 28.6 Å². The number of carbonyl (C=O) groups is 3. The fraction of sp³-hybridized carbons (Fsp3) is 0.716. The lowest BCUT2D eigenvalue weighted by atomic mass is 10.0. The highest BCUT2D eigenvalue weighted by Crippen LogP contribution is 2.16. The van der Waals surface area contributed by atoms with Gasteiger partial charge in [-0.1, -0.05) is 266 Å². The van der Waals surface area contributed by atoms with Crippen molar-refractivity contribution in [2.75, 3.05) is 13.2 Å². The van der Waals surface area contributed by atoms with Gasteiger partial charge in [0.2, 0.25) is 0 Å². The average molecular weight is 1020 g/mol. The molecule has 0 aliphatic carbocycles. The average Bonchev–Trinajstić information content (AvgIpc) is 3.39. The molecule has 6 nitrogen and oxygen atoms in total. The van der Waals surface area contributed by atoms with E-state index in [4.69, 9.17) is 14.2 Å². The molecular formula is C67H114O6. The summed E-state index contributed by atoms with van der Waals surface area (Å²) >= 11 is 0. The number of rotatable bonds is 55. The second kappa shape index (κ2) is 60.9. The van der Waals surface area contributed by atoms with Crippen LogP contribution in [0.3, 0.4) is 0 Å². The molecule has 0 bridgehead atoms. The minimum Gasteiger partial charge on any atom is -0.462 e. The molecule has 73 heavy (non-hydrogen) atoms. The Labute approximate surface area is 451 Å². The van der Waals surface area contributed by atoms with Crippen molar-refractivity contribution in [2.24, 2.45) is 0 Å². The smallest absolute Gasteiger partial charge is 0.306 e. The van der Waals surface area contributed by atoms with E-state index in [0.29, 0.717) is 19.3 Å². The third-order valence-corrected chi connectivity index (χ3v) is 13.1. The Morgan fingerprint density at radius 3 is 0.863 bits per heavy atom. The fourth-order valence-electron chi connectivity index (χ4n) is 8.48. The van der Waals surface area contributed by atoms with Crippen molar-refractivity contribution in [3.63, 3.8) is 0 Å². The van der Waals surface area contributed by atoms with E-state index in [0.717, 1.165) is 96.3 Å². The van der Waals surface area contributed by atoms with Gasteiger partial charge in [0.1, 0.15) is 13.2 Å². The van der Waals surface area contributed by atoms with Crippen LogP contribution >= 0.6 is 0 Å². The van der Waals surface area contributed by atoms with E-state index in [1.165, 1.54) is 148 Å². The van der Waals surface area contributed by atoms with E-state index >= 15 is 0 Å². The molecule has 0 radical (unpaired) electrons. The van der Waals surface area contributed by atoms with Crippen LogP contribution in [-0.4, -0.2) is 37.2 Å². The standard InChI is InChI=1S/C67H114O6/c1-4-7-10-13-16-19-21-23-25-27-29-31-32-33-34-36-37-39-41-43-45-48-51-54-57-60-66(69)72-63-64(62-71-65(68)59-56-53-50-47-18-15-12-9-6-3)73-67(70)61-58-55-52-49-46-44-42-40-38-35-30-28-26-24-22-20-17-14-11-8-5-2/h8,11,17,20-21,23-24,26-27,29-30,35,40,42,46,49,64H,4-7,9-10,12-16,18-19,22,25,28,31-34,36-39,41,43-45,47-48,50-63H2,1-3H3/b11-8-,20-17-,23-21-,26-24-,29-27-,35-30-,42-40-,49-46-. The zero-order valence-corrected chi connectivity index (χ0v) is 47.9. The molecule has 0 saturated heterocycles. The van der Waals surface area contributed by atoms with Gasteiger partial charge >= 0.3 is 17.9 Å². The van der Waals surface area contributed by atoms with Crippen LogP contribution in [0.2, 0.25) is 0 Å². The molecule has 0 aliphatic rings. The first-order valence-corrected chi connectivity index (χ1v) is 30.7. The summed E-state index contributed by atoms with van der Waals surface area (Å²) < 4.78 is 16.8. The zero-order chi connectivity index (χ0) is 52.9. The van der Waals surface area contributed by atoms with Gasteiger partial charge < -0.3 is 14.2 Å². The van der Waals surface area contributed by atoms with Crippen LogP contribution in [0, 0.1) is 0 Å². The summed E-state index contributed by atoms with van der Waals surface area (Å²) in [7, 11) is 0. The summed E-state index contributed by atoms with van der Waals surface area (Å²) in [6.45, 7) is 6.48. The maximum absolute atomic E-state index is 12.8. The monoisotopic (exact) mass is 1010 g/mol. The van der Waals surface area contributed by atoms with Gasteiger partial charge in [0.05, 0.1) is 0 Å². The SMILES string of the molecule is CC/C=C\C/C=C\C/C=C\C/C=C\C/C=C\C/C=C\CCCCC(=O)OC(COC(=O)CCCCCCCCCCC)COC(=O)CCCCCCCCCCCCCCC/C=C\C/C=C\CCCCCCC. The number of esters is 3. The Hall–Kier alpha value is -3.67. The fourth-order valence-corrected chi connectivity index (χ4v) is 8.48. The summed E-state index contributed by atoms with van der Waals surface area (Å²) in [5.41, 5.74) is 0. The Bertz CT molecular complexity index is 1440. The molecule has 6 heteroatoms. The molecule has 0 aromatic rings. The van der Waals surface area contributed by atoms with E-state index in [9.17, 15) is 14.4 Å². The highest BCUT2D eigenvalue weighted by Gasteiger charge is 2.19. The van der Waals surface area contributed by atoms with Crippen molar-refractivity contribution in [2.45, 2.75) is 297 Å². The first kappa shape index (κ1) is 69.3. The number of unbranched alkanes of at least 4 members (excludes halogenated alkanes) is 28. The lowest BCUT2D eigenvalue weighted by molar-refractivity contribution is -0.167. The van der Waals surface area contributed by atoms with Gasteiger partial charge in [-0.05, 0) is 103 Å². The lowest BCUT2D eigenvalue weighted by Gasteiger charge is -2.18. The zero-order valence-electron chi connectivity index (χ0n) is 47.9. The Kier molecular flexibility index (Phi) is 57.8. The van der Waals surface area contributed by atoms with Crippen molar-refractivity contribution in [3.8, 4) is 0 Å². The van der Waals surface area contributed by atoms with Gasteiger partial charge in [-0.15, -0.1) is 0 Å². The maximum atomic E-state index is 12.8. The second-order valence-electron chi connectivity index (χ2n) is 20.2. The van der Waals surface area contributed by atoms with Crippen molar-refractivity contribution in [1.82, 2.24) is 0 Å². The van der Waals surface area contributed by atoms with Crippen LogP contribution < -0.4 is 0 Å². The van der Waals surface area contributed by atoms with Crippen LogP contribution in [0.5, 0.6) is 0 Å². The lowest BCUT2D eigenvalue weighted by Crippen LogP contribution is -2.30. The summed E-state index contributed by atoms with van der Waals surface area (Å²) in [6, 6.07) is 0. The van der Waals surface area contributed by atoms with Gasteiger partial charge in [0.25, 0.3) is 0 Å². The third kappa shape index (κ3) is 59.1. The molecule has 418 valence electrons. The predicted molar refractivity (Wildman–Crippen MR) is 316 cm³/mol. The minimum absolute atomic E-state index is 0.0938. The van der Waals surface area contributed by atoms with Crippen LogP contribution in [0.15, 0.2) is 97.2 Å². The Morgan fingerprint density at radius 2 is 0.534 bits per heavy atom. The molecule has 0 heterocycles. The van der Waals surface area contributed by atoms with Crippen LogP contribution in [0.1, 0.15) is 290 Å². The third-order valence-electron chi connectivity index (χ3n) is 13.1. The van der Waals surface area contributed by atoms with Gasteiger partial charge in [-0.2, -0.15) is 0 Å². The van der Waals surface area contributed by atoms with E-state index < -0.39 is 6.10 Å². The highest BCUT2D eigenvalue weighted by molar-refractivity contribution is 5.71.